The zero-order valence-corrected chi connectivity index (χ0v) is 65.4. The molecule has 0 atom stereocenters. The summed E-state index contributed by atoms with van der Waals surface area (Å²) in [6.45, 7) is 53.2. The van der Waals surface area contributed by atoms with Crippen molar-refractivity contribution in [3.8, 4) is 56.6 Å². The molecule has 8 aromatic carbocycles. The summed E-state index contributed by atoms with van der Waals surface area (Å²) in [5, 5.41) is 30.8. The summed E-state index contributed by atoms with van der Waals surface area (Å²) < 4.78 is 50.7. The van der Waals surface area contributed by atoms with Crippen LogP contribution in [0.15, 0.2) is 121 Å². The molecular weight excluding hydrogens is 1270 g/mol. The van der Waals surface area contributed by atoms with Crippen LogP contribution in [0, 0.1) is 51.2 Å². The molecule has 0 saturated heterocycles. The summed E-state index contributed by atoms with van der Waals surface area (Å²) in [4.78, 5) is 0. The van der Waals surface area contributed by atoms with Gasteiger partial charge in [0.25, 0.3) is 0 Å². The van der Waals surface area contributed by atoms with Crippen molar-refractivity contribution < 1.29 is 54.7 Å². The van der Waals surface area contributed by atoms with Gasteiger partial charge in [-0.2, -0.15) is 0 Å². The molecular formula is C87H110F2N2O4Zr. The smallest absolute Gasteiger partial charge is 0.505 e. The number of phenolic OH excluding ortho intramolecular Hbond substituents is 2. The number of phenols is 2. The zero-order chi connectivity index (χ0) is 68.4. The van der Waals surface area contributed by atoms with Gasteiger partial charge in [-0.25, -0.2) is 8.78 Å². The number of rotatable bonds is 14. The molecule has 510 valence electrons. The summed E-state index contributed by atoms with van der Waals surface area (Å²) in [6, 6.07) is 41.1. The SMILES string of the molecule is Cc1cc(F)cc(-c2cc(C(C)(C)CC(C)(C)C)cc(-n3c4cc(C(C)(C)C)ccc4c4ccc(C(C)(C)C)cc43)c2O)c1OCCCOc1c(C)cc(F)cc1-c1cc(C(C)(C)CC(C)(C)C)cc(-n2c3cc(C(C)(C)C)ccc3c3ccc(C(C)(C)C)cc32)c1O.[CH3-].[CH3-].[Zr+2]. The third kappa shape index (κ3) is 15.4. The Labute approximate surface area is 594 Å². The van der Waals surface area contributed by atoms with Gasteiger partial charge in [-0.1, -0.05) is 201 Å². The van der Waals surface area contributed by atoms with Crippen molar-refractivity contribution in [2.75, 3.05) is 13.2 Å². The van der Waals surface area contributed by atoms with E-state index in [9.17, 15) is 10.2 Å². The second kappa shape index (κ2) is 26.9. The van der Waals surface area contributed by atoms with Gasteiger partial charge in [0, 0.05) is 50.2 Å². The number of aryl methyl sites for hydroxylation is 2. The Morgan fingerprint density at radius 1 is 0.354 bits per heavy atom. The van der Waals surface area contributed by atoms with Crippen LogP contribution >= 0.6 is 0 Å². The topological polar surface area (TPSA) is 68.8 Å². The molecule has 0 aliphatic carbocycles. The Morgan fingerprint density at radius 2 is 0.625 bits per heavy atom. The molecule has 0 aliphatic rings. The van der Waals surface area contributed by atoms with Gasteiger partial charge < -0.3 is 43.7 Å². The first-order valence-electron chi connectivity index (χ1n) is 33.6. The largest absolute Gasteiger partial charge is 2.00 e. The molecule has 0 fully saturated rings. The van der Waals surface area contributed by atoms with E-state index in [1.54, 1.807) is 0 Å². The average Bonchev–Trinajstić information content (AvgIpc) is 1.52. The van der Waals surface area contributed by atoms with Gasteiger partial charge in [0.05, 0.1) is 46.7 Å². The van der Waals surface area contributed by atoms with Crippen LogP contribution in [0.25, 0.3) is 77.2 Å². The first-order valence-corrected chi connectivity index (χ1v) is 33.6. The van der Waals surface area contributed by atoms with Crippen molar-refractivity contribution >= 4 is 43.6 Å². The molecule has 0 radical (unpaired) electrons. The van der Waals surface area contributed by atoms with Crippen LogP contribution < -0.4 is 9.47 Å². The maximum Gasteiger partial charge on any atom is 2.00 e. The van der Waals surface area contributed by atoms with Crippen molar-refractivity contribution in [1.29, 1.82) is 0 Å². The monoisotopic (exact) mass is 1370 g/mol. The van der Waals surface area contributed by atoms with E-state index < -0.39 is 11.6 Å². The summed E-state index contributed by atoms with van der Waals surface area (Å²) in [5.74, 6) is 0.0528. The number of halogens is 2. The van der Waals surface area contributed by atoms with Crippen LogP contribution in [0.2, 0.25) is 0 Å². The molecule has 0 bridgehead atoms. The standard InChI is InChI=1S/C85H104F2N2O4.2CH3.Zr/c1-50-36-58(86)46-66(64-38-56(84(21,22)48-78(3,4)5)44-72(74(64)90)88-68-40-52(80(9,10)11)26-30-60(68)61-31-27-53(41-69(61)88)81(12,13)14)76(50)92-34-25-35-93-77-51(2)37-59(87)47-67(77)65-39-57(85(23,24)49-79(6,7)8)45-73(75(65)91)89-70-42-54(82(15,16)17)28-32-62(70)63-33-29-55(43-71(63)89)83(18,19)20;;;/h26-33,36-47,90-91H,25,34-35,48-49H2,1-24H3;2*1H3;/q;2*-1;+2. The predicted octanol–water partition coefficient (Wildman–Crippen LogP) is 24.9. The van der Waals surface area contributed by atoms with Crippen LogP contribution in [-0.2, 0) is 58.7 Å². The fraction of sp³-hybridized carbons (Fsp3) is 0.425. The number of ether oxygens (including phenoxy) is 2. The molecule has 0 spiro atoms. The molecule has 96 heavy (non-hydrogen) atoms. The molecule has 10 aromatic rings. The van der Waals surface area contributed by atoms with E-state index in [1.807, 2.05) is 26.0 Å². The van der Waals surface area contributed by atoms with Crippen LogP contribution in [0.4, 0.5) is 8.78 Å². The Kier molecular flexibility index (Phi) is 21.4. The van der Waals surface area contributed by atoms with Crippen LogP contribution in [-0.4, -0.2) is 32.6 Å². The van der Waals surface area contributed by atoms with Gasteiger partial charge in [-0.05, 0) is 187 Å². The predicted molar refractivity (Wildman–Crippen MR) is 403 cm³/mol. The number of fused-ring (bicyclic) bond motifs is 6. The quantitative estimate of drug-likeness (QED) is 0.0841. The van der Waals surface area contributed by atoms with Crippen molar-refractivity contribution in [1.82, 2.24) is 9.13 Å². The van der Waals surface area contributed by atoms with E-state index in [0.29, 0.717) is 62.7 Å². The maximum absolute atomic E-state index is 16.3. The fourth-order valence-electron chi connectivity index (χ4n) is 14.7. The summed E-state index contributed by atoms with van der Waals surface area (Å²) in [6.07, 6.45) is 2.05. The average molecular weight is 1380 g/mol. The van der Waals surface area contributed by atoms with Crippen molar-refractivity contribution in [3.63, 3.8) is 0 Å². The van der Waals surface area contributed by atoms with E-state index >= 15 is 8.78 Å². The van der Waals surface area contributed by atoms with Crippen molar-refractivity contribution in [3.05, 3.63) is 192 Å². The number of hydrogen-bond acceptors (Lipinski definition) is 4. The normalized spacial score (nSPS) is 12.9. The molecule has 9 heteroatoms. The molecule has 10 rings (SSSR count). The van der Waals surface area contributed by atoms with E-state index in [2.05, 4.69) is 246 Å². The molecule has 2 aromatic heterocycles. The molecule has 2 heterocycles. The molecule has 2 N–H and O–H groups in total. The van der Waals surface area contributed by atoms with Crippen LogP contribution in [0.3, 0.4) is 0 Å². The number of hydrogen-bond donors (Lipinski definition) is 2. The first-order chi connectivity index (χ1) is 42.8. The number of nitrogens with zero attached hydrogens (tertiary/aromatic N) is 2. The Bertz CT molecular complexity index is 4120. The van der Waals surface area contributed by atoms with Gasteiger partial charge in [-0.3, -0.25) is 0 Å². The maximum atomic E-state index is 16.3. The second-order valence-corrected chi connectivity index (χ2v) is 34.9. The van der Waals surface area contributed by atoms with Crippen molar-refractivity contribution in [2.45, 2.75) is 218 Å². The number of benzene rings is 8. The summed E-state index contributed by atoms with van der Waals surface area (Å²) in [5.41, 5.74) is 13.3. The Morgan fingerprint density at radius 3 is 0.875 bits per heavy atom. The molecule has 0 saturated carbocycles. The fourth-order valence-corrected chi connectivity index (χ4v) is 14.7. The Hall–Kier alpha value is -6.70. The number of aromatic nitrogens is 2. The van der Waals surface area contributed by atoms with Crippen LogP contribution in [0.5, 0.6) is 23.0 Å². The molecule has 6 nitrogen and oxygen atoms in total. The molecule has 0 unspecified atom stereocenters. The minimum Gasteiger partial charge on any atom is -0.505 e. The van der Waals surface area contributed by atoms with E-state index in [4.69, 9.17) is 9.47 Å². The first kappa shape index (κ1) is 76.7. The van der Waals surface area contributed by atoms with E-state index in [0.717, 1.165) is 67.6 Å². The zero-order valence-electron chi connectivity index (χ0n) is 62.9. The van der Waals surface area contributed by atoms with Gasteiger partial charge in [0.15, 0.2) is 0 Å². The van der Waals surface area contributed by atoms with Crippen molar-refractivity contribution in [2.24, 2.45) is 10.8 Å². The minimum atomic E-state index is -0.445. The third-order valence-electron chi connectivity index (χ3n) is 19.0. The van der Waals surface area contributed by atoms with E-state index in [1.165, 1.54) is 46.5 Å². The summed E-state index contributed by atoms with van der Waals surface area (Å²) >= 11 is 0. The van der Waals surface area contributed by atoms with Crippen LogP contribution in [0.1, 0.15) is 216 Å². The molecule has 0 amide bonds. The van der Waals surface area contributed by atoms with Gasteiger partial charge >= 0.3 is 26.2 Å². The van der Waals surface area contributed by atoms with Gasteiger partial charge in [0.1, 0.15) is 34.6 Å². The van der Waals surface area contributed by atoms with E-state index in [-0.39, 0.29) is 109 Å². The minimum absolute atomic E-state index is 0. The summed E-state index contributed by atoms with van der Waals surface area (Å²) in [7, 11) is 0. The Balaban J connectivity index is 0.00000433. The second-order valence-electron chi connectivity index (χ2n) is 34.9. The van der Waals surface area contributed by atoms with Gasteiger partial charge in [-0.15, -0.1) is 0 Å². The molecule has 0 aliphatic heterocycles. The number of aromatic hydroxyl groups is 2. The third-order valence-corrected chi connectivity index (χ3v) is 19.0. The van der Waals surface area contributed by atoms with Gasteiger partial charge in [0.2, 0.25) is 0 Å².